The summed E-state index contributed by atoms with van der Waals surface area (Å²) < 4.78 is 17.6. The first-order valence-electron chi connectivity index (χ1n) is 8.55. The van der Waals surface area contributed by atoms with Crippen LogP contribution in [0.2, 0.25) is 10.0 Å². The number of aromatic nitrogens is 2. The average molecular weight is 455 g/mol. The number of hydrogen-bond donors (Lipinski definition) is 1. The summed E-state index contributed by atoms with van der Waals surface area (Å²) in [6.07, 6.45) is 0. The van der Waals surface area contributed by atoms with Crippen LogP contribution < -0.4 is 9.62 Å². The van der Waals surface area contributed by atoms with Gasteiger partial charge in [-0.25, -0.2) is 4.39 Å². The lowest BCUT2D eigenvalue weighted by Gasteiger charge is -2.23. The van der Waals surface area contributed by atoms with Gasteiger partial charge in [-0.05, 0) is 53.4 Å². The number of fused-ring (bicyclic) bond motifs is 1. The molecule has 146 valence electrons. The van der Waals surface area contributed by atoms with Gasteiger partial charge < -0.3 is 4.90 Å². The van der Waals surface area contributed by atoms with Crippen LogP contribution in [0.4, 0.5) is 15.2 Å². The van der Waals surface area contributed by atoms with Gasteiger partial charge in [0.1, 0.15) is 11.3 Å². The van der Waals surface area contributed by atoms with Crippen LogP contribution in [0.1, 0.15) is 25.0 Å². The number of halogens is 3. The van der Waals surface area contributed by atoms with Crippen molar-refractivity contribution >= 4 is 57.3 Å². The van der Waals surface area contributed by atoms with Gasteiger partial charge in [0.2, 0.25) is 5.13 Å². The highest BCUT2D eigenvalue weighted by atomic mass is 35.5. The van der Waals surface area contributed by atoms with E-state index in [2.05, 4.69) is 33.7 Å². The fourth-order valence-electron chi connectivity index (χ4n) is 3.41. The number of benzene rings is 2. The van der Waals surface area contributed by atoms with Crippen molar-refractivity contribution in [1.29, 1.82) is 0 Å². The predicted molar refractivity (Wildman–Crippen MR) is 116 cm³/mol. The molecule has 0 saturated carbocycles. The number of rotatable bonds is 5. The molecular formula is C19H17Cl2FN4S2. The molecule has 1 N–H and O–H groups in total. The molecule has 1 aliphatic rings. The van der Waals surface area contributed by atoms with Crippen molar-refractivity contribution in [2.24, 2.45) is 0 Å². The van der Waals surface area contributed by atoms with E-state index in [9.17, 15) is 4.39 Å². The van der Waals surface area contributed by atoms with Crippen molar-refractivity contribution in [2.45, 2.75) is 30.7 Å². The molecule has 0 radical (unpaired) electrons. The molecule has 2 heterocycles. The zero-order chi connectivity index (χ0) is 19.9. The first kappa shape index (κ1) is 19.8. The first-order valence-corrected chi connectivity index (χ1v) is 11.0. The summed E-state index contributed by atoms with van der Waals surface area (Å²) in [6.45, 7) is 5.71. The quantitative estimate of drug-likeness (QED) is 0.451. The largest absolute Gasteiger partial charge is 0.366 e. The third kappa shape index (κ3) is 3.94. The molecule has 4 rings (SSSR count). The van der Waals surface area contributed by atoms with Crippen LogP contribution in [0.15, 0.2) is 40.7 Å². The molecule has 0 amide bonds. The summed E-state index contributed by atoms with van der Waals surface area (Å²) in [5.41, 5.74) is 4.63. The molecule has 0 unspecified atom stereocenters. The summed E-state index contributed by atoms with van der Waals surface area (Å²) >= 11 is 15.1. The molecule has 0 saturated heterocycles. The van der Waals surface area contributed by atoms with Gasteiger partial charge in [0.25, 0.3) is 0 Å². The minimum absolute atomic E-state index is 0.0350. The maximum atomic E-state index is 14.6. The van der Waals surface area contributed by atoms with Gasteiger partial charge >= 0.3 is 0 Å². The van der Waals surface area contributed by atoms with Gasteiger partial charge in [-0.3, -0.25) is 4.72 Å². The lowest BCUT2D eigenvalue weighted by Crippen LogP contribution is -2.28. The van der Waals surface area contributed by atoms with Crippen LogP contribution in [0.3, 0.4) is 0 Å². The number of nitrogens with zero attached hydrogens (tertiary/aromatic N) is 3. The second-order valence-electron chi connectivity index (χ2n) is 7.22. The standard InChI is InChI=1S/C19H17Cl2FN4S2/c1-19(2)9-26(16-4-3-12(20)6-13(16)19)8-11-5-15(22)17(7-14(11)21)28-25-18-24-23-10-27-18/h3-7,10H,8-9H2,1-2H3,(H,24,25). The fourth-order valence-corrected chi connectivity index (χ4v) is 5.04. The summed E-state index contributed by atoms with van der Waals surface area (Å²) in [7, 11) is 0. The Morgan fingerprint density at radius 3 is 2.86 bits per heavy atom. The second kappa shape index (κ2) is 7.71. The van der Waals surface area contributed by atoms with Gasteiger partial charge in [0, 0.05) is 34.2 Å². The molecule has 1 aliphatic heterocycles. The molecule has 0 aliphatic carbocycles. The Kier molecular flexibility index (Phi) is 5.44. The monoisotopic (exact) mass is 454 g/mol. The Labute approximate surface area is 181 Å². The number of hydrogen-bond acceptors (Lipinski definition) is 6. The van der Waals surface area contributed by atoms with Gasteiger partial charge in [0.15, 0.2) is 0 Å². The summed E-state index contributed by atoms with van der Waals surface area (Å²) in [4.78, 5) is 2.64. The fraction of sp³-hybridized carbons (Fsp3) is 0.263. The molecule has 0 bridgehead atoms. The Bertz CT molecular complexity index is 1010. The third-order valence-corrected chi connectivity index (χ3v) is 6.84. The van der Waals surface area contributed by atoms with Crippen molar-refractivity contribution in [3.8, 4) is 0 Å². The van der Waals surface area contributed by atoms with Crippen molar-refractivity contribution in [3.63, 3.8) is 0 Å². The molecule has 0 atom stereocenters. The molecule has 2 aromatic carbocycles. The van der Waals surface area contributed by atoms with Gasteiger partial charge in [-0.15, -0.1) is 10.2 Å². The predicted octanol–water partition coefficient (Wildman–Crippen LogP) is 6.40. The number of nitrogens with one attached hydrogen (secondary N) is 1. The van der Waals surface area contributed by atoms with Gasteiger partial charge in [0.05, 0.1) is 4.90 Å². The molecular weight excluding hydrogens is 438 g/mol. The lowest BCUT2D eigenvalue weighted by atomic mass is 9.87. The van der Waals surface area contributed by atoms with E-state index >= 15 is 0 Å². The maximum absolute atomic E-state index is 14.6. The third-order valence-electron chi connectivity index (χ3n) is 4.69. The molecule has 4 nitrogen and oxygen atoms in total. The molecule has 1 aromatic heterocycles. The first-order chi connectivity index (χ1) is 13.3. The van der Waals surface area contributed by atoms with Crippen LogP contribution in [-0.2, 0) is 12.0 Å². The van der Waals surface area contributed by atoms with Crippen molar-refractivity contribution in [1.82, 2.24) is 10.2 Å². The SMILES string of the molecule is CC1(C)CN(Cc2cc(F)c(SNc3nncs3)cc2Cl)c2ccc(Cl)cc21. The summed E-state index contributed by atoms with van der Waals surface area (Å²) in [5.74, 6) is -0.323. The minimum Gasteiger partial charge on any atom is -0.366 e. The lowest BCUT2D eigenvalue weighted by molar-refractivity contribution is 0.548. The van der Waals surface area contributed by atoms with Gasteiger partial charge in [-0.1, -0.05) is 48.4 Å². The normalized spacial score (nSPS) is 15.0. The van der Waals surface area contributed by atoms with Gasteiger partial charge in [-0.2, -0.15) is 0 Å². The van der Waals surface area contributed by atoms with Crippen molar-refractivity contribution in [2.75, 3.05) is 16.2 Å². The van der Waals surface area contributed by atoms with E-state index < -0.39 is 0 Å². The zero-order valence-corrected chi connectivity index (χ0v) is 18.3. The van der Waals surface area contributed by atoms with E-state index in [0.717, 1.165) is 34.8 Å². The number of anilines is 2. The van der Waals surface area contributed by atoms with Crippen LogP contribution in [0, 0.1) is 5.82 Å². The summed E-state index contributed by atoms with van der Waals surface area (Å²) in [5, 5.41) is 9.48. The topological polar surface area (TPSA) is 41.0 Å². The van der Waals surface area contributed by atoms with E-state index in [-0.39, 0.29) is 11.2 Å². The highest BCUT2D eigenvalue weighted by Gasteiger charge is 2.35. The Hall–Kier alpha value is -1.54. The van der Waals surface area contributed by atoms with Crippen LogP contribution in [0.25, 0.3) is 0 Å². The molecule has 0 spiro atoms. The molecule has 28 heavy (non-hydrogen) atoms. The maximum Gasteiger partial charge on any atom is 0.215 e. The van der Waals surface area contributed by atoms with E-state index in [0.29, 0.717) is 21.6 Å². The molecule has 9 heteroatoms. The van der Waals surface area contributed by atoms with E-state index in [1.807, 2.05) is 18.2 Å². The van der Waals surface area contributed by atoms with E-state index in [1.165, 1.54) is 23.0 Å². The van der Waals surface area contributed by atoms with Crippen LogP contribution in [-0.4, -0.2) is 16.7 Å². The average Bonchev–Trinajstić information content (AvgIpc) is 3.23. The zero-order valence-electron chi connectivity index (χ0n) is 15.2. The summed E-state index contributed by atoms with van der Waals surface area (Å²) in [6, 6.07) is 9.07. The Morgan fingerprint density at radius 1 is 1.29 bits per heavy atom. The highest BCUT2D eigenvalue weighted by molar-refractivity contribution is 8.00. The molecule has 0 fully saturated rings. The van der Waals surface area contributed by atoms with Crippen molar-refractivity contribution in [3.05, 3.63) is 62.8 Å². The smallest absolute Gasteiger partial charge is 0.215 e. The second-order valence-corrected chi connectivity index (χ2v) is 9.75. The van der Waals surface area contributed by atoms with Crippen LogP contribution >= 0.6 is 46.5 Å². The minimum atomic E-state index is -0.323. The Balaban J connectivity index is 1.55. The van der Waals surface area contributed by atoms with Crippen LogP contribution in [0.5, 0.6) is 0 Å². The van der Waals surface area contributed by atoms with Crippen molar-refractivity contribution < 1.29 is 4.39 Å². The van der Waals surface area contributed by atoms with E-state index in [1.54, 1.807) is 11.6 Å². The van der Waals surface area contributed by atoms with E-state index in [4.69, 9.17) is 23.2 Å². The Morgan fingerprint density at radius 2 is 2.11 bits per heavy atom. The molecule has 3 aromatic rings. The highest BCUT2D eigenvalue weighted by Crippen LogP contribution is 2.43.